The summed E-state index contributed by atoms with van der Waals surface area (Å²) in [6.45, 7) is 11.2. The molecule has 0 aromatic rings. The summed E-state index contributed by atoms with van der Waals surface area (Å²) < 4.78 is 82.5. The smallest absolute Gasteiger partial charge is 0.460 e. The highest BCUT2D eigenvalue weighted by atomic mass is 19.4. The van der Waals surface area contributed by atoms with Gasteiger partial charge in [-0.15, -0.1) is 13.2 Å². The van der Waals surface area contributed by atoms with E-state index in [-0.39, 0.29) is 101 Å². The first-order valence-electron chi connectivity index (χ1n) is 27.5. The molecule has 0 aromatic heterocycles. The quantitative estimate of drug-likeness (QED) is 0.0643. The highest BCUT2D eigenvalue weighted by Crippen LogP contribution is 2.38. The predicted octanol–water partition coefficient (Wildman–Crippen LogP) is 7.12. The lowest BCUT2D eigenvalue weighted by molar-refractivity contribution is -0.327. The van der Waals surface area contributed by atoms with Crippen LogP contribution >= 0.6 is 0 Å². The van der Waals surface area contributed by atoms with Crippen LogP contribution in [-0.2, 0) is 61.9 Å². The number of fused-ring (bicyclic) bond motifs is 3. The van der Waals surface area contributed by atoms with E-state index in [1.807, 2.05) is 26.0 Å². The molecule has 3 fully saturated rings. The number of allylic oxidation sites excluding steroid dienone is 6. The van der Waals surface area contributed by atoms with Crippen molar-refractivity contribution in [1.29, 1.82) is 0 Å². The molecular weight excluding hydrogens is 1010 g/mol. The van der Waals surface area contributed by atoms with Gasteiger partial charge in [-0.2, -0.15) is 0 Å². The number of cyclic esters (lactones) is 1. The number of aliphatic hydroxyl groups excluding tert-OH is 2. The number of carbonyl (C=O) groups excluding carboxylic acids is 5. The van der Waals surface area contributed by atoms with Crippen molar-refractivity contribution in [3.63, 3.8) is 0 Å². The molecule has 1 aliphatic carbocycles. The molecule has 4 rings (SSSR count). The summed E-state index contributed by atoms with van der Waals surface area (Å²) in [4.78, 5) is 72.7. The van der Waals surface area contributed by atoms with Gasteiger partial charge in [-0.3, -0.25) is 23.9 Å². The highest BCUT2D eigenvalue weighted by Gasteiger charge is 2.53. The van der Waals surface area contributed by atoms with Gasteiger partial charge in [0.25, 0.3) is 11.7 Å². The molecule has 77 heavy (non-hydrogen) atoms. The van der Waals surface area contributed by atoms with Crippen molar-refractivity contribution in [1.82, 2.24) is 4.90 Å². The van der Waals surface area contributed by atoms with Gasteiger partial charge in [0, 0.05) is 51.4 Å². The van der Waals surface area contributed by atoms with E-state index in [0.29, 0.717) is 56.1 Å². The number of amides is 1. The number of methoxy groups -OCH3 is 2. The second kappa shape index (κ2) is 31.9. The first kappa shape index (κ1) is 65.8. The number of alkyl halides is 3. The predicted molar refractivity (Wildman–Crippen MR) is 278 cm³/mol. The van der Waals surface area contributed by atoms with Gasteiger partial charge < -0.3 is 53.4 Å². The molecule has 0 radical (unpaired) electrons. The standard InChI is InChI=1S/C57H88F3NO16/c1-35-15-11-10-12-16-36(2)47(74-27-25-72-26-28-75-57(58,59)60)33-43-20-18-41(7)56(69,77-43)53(66)54(67)61-22-14-13-17-44(61)55(68)76-48(38(4)31-42-19-21-46(73-24-23-62)49(32-42)70-8)34-45(63)37(3)30-40(6)51(65)52(71-9)50(64)39(5)29-35/h10-12,15-16,30,35,37-39,41-44,46-49,51-52,62,65,69H,13-14,17-29,31-34H2,1-9H3/b12-10+,15-11+,36-16+,40-30+/t35-,37-,38-,39-,41-,42+,43+,44+,46-,47-,48+,49-,51-,52+,56-/m1/s1. The fourth-order valence-electron chi connectivity index (χ4n) is 11.0. The molecule has 1 amide bonds. The van der Waals surface area contributed by atoms with Gasteiger partial charge in [-0.25, -0.2) is 4.79 Å². The Morgan fingerprint density at radius 3 is 2.25 bits per heavy atom. The molecule has 4 aliphatic rings. The Hall–Kier alpha value is -3.70. The van der Waals surface area contributed by atoms with Crippen molar-refractivity contribution in [2.45, 2.75) is 186 Å². The maximum atomic E-state index is 14.6. The Morgan fingerprint density at radius 2 is 1.56 bits per heavy atom. The summed E-state index contributed by atoms with van der Waals surface area (Å²) in [5.74, 6) is -8.88. The summed E-state index contributed by atoms with van der Waals surface area (Å²) in [7, 11) is 2.95. The molecule has 15 atom stereocenters. The van der Waals surface area contributed by atoms with Crippen LogP contribution in [-0.4, -0.2) is 171 Å². The minimum Gasteiger partial charge on any atom is -0.460 e. The van der Waals surface area contributed by atoms with E-state index in [2.05, 4.69) is 4.74 Å². The molecule has 1 saturated carbocycles. The first-order chi connectivity index (χ1) is 36.4. The van der Waals surface area contributed by atoms with Crippen LogP contribution in [0.4, 0.5) is 13.2 Å². The van der Waals surface area contributed by atoms with Crippen molar-refractivity contribution in [2.24, 2.45) is 35.5 Å². The summed E-state index contributed by atoms with van der Waals surface area (Å²) in [6, 6.07) is -1.23. The summed E-state index contributed by atoms with van der Waals surface area (Å²) >= 11 is 0. The van der Waals surface area contributed by atoms with Crippen LogP contribution in [0.2, 0.25) is 0 Å². The topological polar surface area (TPSA) is 223 Å². The monoisotopic (exact) mass is 1100 g/mol. The van der Waals surface area contributed by atoms with E-state index in [4.69, 9.17) is 33.2 Å². The lowest BCUT2D eigenvalue weighted by Gasteiger charge is -2.43. The van der Waals surface area contributed by atoms with Gasteiger partial charge in [-0.1, -0.05) is 71.1 Å². The third-order valence-electron chi connectivity index (χ3n) is 15.6. The molecule has 17 nitrogen and oxygen atoms in total. The van der Waals surface area contributed by atoms with Gasteiger partial charge in [0.15, 0.2) is 5.78 Å². The zero-order chi connectivity index (χ0) is 57.0. The van der Waals surface area contributed by atoms with Gasteiger partial charge in [0.1, 0.15) is 30.1 Å². The second-order valence-corrected chi connectivity index (χ2v) is 21.7. The van der Waals surface area contributed by atoms with E-state index >= 15 is 0 Å². The van der Waals surface area contributed by atoms with E-state index in [1.54, 1.807) is 66.0 Å². The van der Waals surface area contributed by atoms with Gasteiger partial charge in [0.2, 0.25) is 5.79 Å². The number of nitrogens with zero attached hydrogens (tertiary/aromatic N) is 1. The molecule has 0 spiro atoms. The third kappa shape index (κ3) is 20.1. The third-order valence-corrected chi connectivity index (χ3v) is 15.6. The summed E-state index contributed by atoms with van der Waals surface area (Å²) in [5.41, 5.74) is 1.04. The molecule has 3 heterocycles. The maximum Gasteiger partial charge on any atom is 0.522 e. The van der Waals surface area contributed by atoms with Crippen molar-refractivity contribution in [3.05, 3.63) is 47.6 Å². The largest absolute Gasteiger partial charge is 0.522 e. The van der Waals surface area contributed by atoms with Gasteiger partial charge >= 0.3 is 12.3 Å². The number of rotatable bonds is 15. The van der Waals surface area contributed by atoms with Crippen LogP contribution < -0.4 is 0 Å². The number of ketones is 3. The van der Waals surface area contributed by atoms with Crippen LogP contribution in [0.1, 0.15) is 126 Å². The Labute approximate surface area is 453 Å². The molecule has 3 N–H and O–H groups in total. The molecule has 0 unspecified atom stereocenters. The van der Waals surface area contributed by atoms with Crippen LogP contribution in [0.15, 0.2) is 47.6 Å². The number of carbonyl (C=O) groups is 5. The molecule has 438 valence electrons. The molecule has 0 aromatic carbocycles. The number of aliphatic hydroxyl groups is 3. The average Bonchev–Trinajstić information content (AvgIpc) is 3.39. The SMILES string of the molecule is CO[C@@H]1C[C@H](C[C@@H](C)[C@@H]2CC(=O)[C@H](C)/C=C(\C)[C@@H](O)[C@@H](OC)C(=O)[C@H](C)C[C@H](C)/C=C/C=C/C=C(\C)[C@H](OCCOCCOC(F)(F)F)C[C@@H]3CC[C@@H](C)[C@@](O)(O3)C(=O)C(=O)N3CCCC[C@H]3C(=O)O2)CC[C@H]1OCCO. The van der Waals surface area contributed by atoms with Crippen molar-refractivity contribution in [2.75, 3.05) is 60.4 Å². The minimum atomic E-state index is -4.80. The molecule has 2 saturated heterocycles. The van der Waals surface area contributed by atoms with E-state index < -0.39 is 96.6 Å². The maximum absolute atomic E-state index is 14.6. The first-order valence-corrected chi connectivity index (χ1v) is 27.5. The summed E-state index contributed by atoms with van der Waals surface area (Å²) in [6.07, 6.45) is 5.03. The normalized spacial score (nSPS) is 36.2. The minimum absolute atomic E-state index is 0.0104. The van der Waals surface area contributed by atoms with E-state index in [0.717, 1.165) is 11.3 Å². The molecular formula is C57H88F3NO16. The number of Topliss-reactive ketones (excluding diaryl/α,β-unsaturated/α-hetero) is 3. The van der Waals surface area contributed by atoms with E-state index in [1.165, 1.54) is 7.11 Å². The van der Waals surface area contributed by atoms with Crippen LogP contribution in [0.25, 0.3) is 0 Å². The van der Waals surface area contributed by atoms with Gasteiger partial charge in [-0.05, 0) is 107 Å². The molecule has 3 aliphatic heterocycles. The van der Waals surface area contributed by atoms with Crippen LogP contribution in [0.3, 0.4) is 0 Å². The van der Waals surface area contributed by atoms with Crippen LogP contribution in [0.5, 0.6) is 0 Å². The van der Waals surface area contributed by atoms with Crippen molar-refractivity contribution < 1.29 is 90.4 Å². The highest BCUT2D eigenvalue weighted by molar-refractivity contribution is 6.39. The Balaban J connectivity index is 1.69. The zero-order valence-corrected chi connectivity index (χ0v) is 46.7. The number of esters is 1. The van der Waals surface area contributed by atoms with Crippen LogP contribution in [0, 0.1) is 35.5 Å². The lowest BCUT2D eigenvalue weighted by atomic mass is 9.78. The number of hydrogen-bond acceptors (Lipinski definition) is 16. The van der Waals surface area contributed by atoms with Gasteiger partial charge in [0.05, 0.1) is 64.1 Å². The Bertz CT molecular complexity index is 2030. The molecule has 2 bridgehead atoms. The number of hydrogen-bond donors (Lipinski definition) is 3. The second-order valence-electron chi connectivity index (χ2n) is 21.7. The summed E-state index contributed by atoms with van der Waals surface area (Å²) in [5, 5.41) is 33.0. The Morgan fingerprint density at radius 1 is 0.831 bits per heavy atom. The zero-order valence-electron chi connectivity index (χ0n) is 46.7. The number of halogens is 3. The van der Waals surface area contributed by atoms with Crippen molar-refractivity contribution in [3.8, 4) is 0 Å². The van der Waals surface area contributed by atoms with Crippen molar-refractivity contribution >= 4 is 29.2 Å². The fourth-order valence-corrected chi connectivity index (χ4v) is 11.0. The average molecular weight is 1100 g/mol. The number of piperidine rings is 1. The lowest BCUT2D eigenvalue weighted by Crippen LogP contribution is -2.61. The molecule has 20 heteroatoms. The number of ether oxygens (including phenoxy) is 8. The Kier molecular flexibility index (Phi) is 27.3. The van der Waals surface area contributed by atoms with E-state index in [9.17, 15) is 52.5 Å². The fraction of sp³-hybridized carbons (Fsp3) is 0.772.